The lowest BCUT2D eigenvalue weighted by atomic mass is 10.1. The second-order valence-electron chi connectivity index (χ2n) is 8.29. The van der Waals surface area contributed by atoms with Crippen molar-refractivity contribution in [1.29, 1.82) is 0 Å². The predicted molar refractivity (Wildman–Crippen MR) is 145 cm³/mol. The van der Waals surface area contributed by atoms with E-state index >= 15 is 0 Å². The van der Waals surface area contributed by atoms with E-state index in [4.69, 9.17) is 9.72 Å². The predicted octanol–water partition coefficient (Wildman–Crippen LogP) is 4.08. The molecule has 2 amide bonds. The molecule has 0 aliphatic carbocycles. The van der Waals surface area contributed by atoms with Crippen molar-refractivity contribution in [3.8, 4) is 11.5 Å². The summed E-state index contributed by atoms with van der Waals surface area (Å²) in [7, 11) is 1.55. The van der Waals surface area contributed by atoms with Gasteiger partial charge in [0.2, 0.25) is 11.9 Å². The number of ether oxygens (including phenoxy) is 1. The van der Waals surface area contributed by atoms with Crippen LogP contribution in [0.2, 0.25) is 0 Å². The summed E-state index contributed by atoms with van der Waals surface area (Å²) in [6.45, 7) is 4.94. The van der Waals surface area contributed by atoms with E-state index in [9.17, 15) is 9.59 Å². The van der Waals surface area contributed by atoms with Crippen LogP contribution in [-0.2, 0) is 4.79 Å². The van der Waals surface area contributed by atoms with E-state index in [0.29, 0.717) is 24.0 Å². The highest BCUT2D eigenvalue weighted by molar-refractivity contribution is 7.98. The molecule has 0 radical (unpaired) electrons. The highest BCUT2D eigenvalue weighted by Gasteiger charge is 2.23. The number of aromatic nitrogens is 3. The number of amides is 2. The molecule has 3 N–H and O–H groups in total. The molecule has 37 heavy (non-hydrogen) atoms. The molecule has 11 heteroatoms. The molecule has 3 aromatic rings. The summed E-state index contributed by atoms with van der Waals surface area (Å²) in [5.41, 5.74) is 1.07. The van der Waals surface area contributed by atoms with Crippen LogP contribution < -0.4 is 20.7 Å². The standard InChI is InChI=1S/C26H29N7O3S/c1-4-23(34)33-13-5-6-18(16-33)30-24-22(37-3)15-29-26(32-24)31-17-7-9-19(10-8-17)36-20-11-12-28-21(14-20)25(35)27-2/h4,7-12,14-15,18H,1,5-6,13,16H2,2-3H3,(H,27,35)(H2,29,30,31,32)/t18-/m1/s1. The van der Waals surface area contributed by atoms with Crippen molar-refractivity contribution in [3.05, 3.63) is 67.1 Å². The van der Waals surface area contributed by atoms with E-state index in [2.05, 4.69) is 32.5 Å². The molecule has 2 aromatic heterocycles. The third kappa shape index (κ3) is 6.76. The van der Waals surface area contributed by atoms with Crippen LogP contribution in [0.3, 0.4) is 0 Å². The van der Waals surface area contributed by atoms with Crippen molar-refractivity contribution in [2.24, 2.45) is 0 Å². The maximum absolute atomic E-state index is 12.0. The van der Waals surface area contributed by atoms with E-state index in [1.807, 2.05) is 35.4 Å². The zero-order valence-electron chi connectivity index (χ0n) is 20.7. The Hall–Kier alpha value is -4.12. The Morgan fingerprint density at radius 1 is 1.19 bits per heavy atom. The summed E-state index contributed by atoms with van der Waals surface area (Å²) in [6.07, 6.45) is 8.51. The molecule has 1 aliphatic rings. The van der Waals surface area contributed by atoms with Gasteiger partial charge >= 0.3 is 0 Å². The number of anilines is 3. The lowest BCUT2D eigenvalue weighted by molar-refractivity contribution is -0.127. The number of hydrogen-bond acceptors (Lipinski definition) is 9. The molecule has 4 rings (SSSR count). The Morgan fingerprint density at radius 2 is 2.00 bits per heavy atom. The normalized spacial score (nSPS) is 15.0. The van der Waals surface area contributed by atoms with Crippen LogP contribution in [-0.4, -0.2) is 64.1 Å². The Labute approximate surface area is 219 Å². The monoisotopic (exact) mass is 519 g/mol. The average molecular weight is 520 g/mol. The van der Waals surface area contributed by atoms with Gasteiger partial charge in [0.15, 0.2) is 0 Å². The number of carbonyl (C=O) groups is 2. The van der Waals surface area contributed by atoms with Gasteiger partial charge in [-0.05, 0) is 55.5 Å². The van der Waals surface area contributed by atoms with Crippen molar-refractivity contribution in [1.82, 2.24) is 25.2 Å². The smallest absolute Gasteiger partial charge is 0.269 e. The fourth-order valence-corrected chi connectivity index (χ4v) is 4.36. The van der Waals surface area contributed by atoms with Gasteiger partial charge in [0.05, 0.1) is 4.90 Å². The largest absolute Gasteiger partial charge is 0.457 e. The number of nitrogens with zero attached hydrogens (tertiary/aromatic N) is 4. The average Bonchev–Trinajstić information content (AvgIpc) is 2.93. The van der Waals surface area contributed by atoms with Crippen molar-refractivity contribution in [2.45, 2.75) is 23.8 Å². The van der Waals surface area contributed by atoms with Gasteiger partial charge in [-0.3, -0.25) is 14.6 Å². The number of hydrogen-bond donors (Lipinski definition) is 3. The minimum Gasteiger partial charge on any atom is -0.457 e. The van der Waals surface area contributed by atoms with E-state index in [1.54, 1.807) is 37.1 Å². The summed E-state index contributed by atoms with van der Waals surface area (Å²) in [5, 5.41) is 9.26. The van der Waals surface area contributed by atoms with Crippen molar-refractivity contribution in [2.75, 3.05) is 37.0 Å². The molecule has 0 spiro atoms. The maximum Gasteiger partial charge on any atom is 0.269 e. The third-order valence-electron chi connectivity index (χ3n) is 5.76. The van der Waals surface area contributed by atoms with Gasteiger partial charge in [0.1, 0.15) is 23.0 Å². The molecule has 1 fully saturated rings. The van der Waals surface area contributed by atoms with Gasteiger partial charge in [-0.25, -0.2) is 4.98 Å². The summed E-state index contributed by atoms with van der Waals surface area (Å²) in [5.74, 6) is 1.97. The number of carbonyl (C=O) groups excluding carboxylic acids is 2. The Balaban J connectivity index is 1.42. The molecule has 0 saturated carbocycles. The molecule has 1 atom stereocenters. The number of thioether (sulfide) groups is 1. The fourth-order valence-electron chi connectivity index (χ4n) is 3.90. The van der Waals surface area contributed by atoms with Crippen molar-refractivity contribution in [3.63, 3.8) is 0 Å². The summed E-state index contributed by atoms with van der Waals surface area (Å²) in [6, 6.07) is 10.7. The first-order valence-electron chi connectivity index (χ1n) is 11.8. The highest BCUT2D eigenvalue weighted by Crippen LogP contribution is 2.28. The first-order valence-corrected chi connectivity index (χ1v) is 13.0. The van der Waals surface area contributed by atoms with Gasteiger partial charge in [-0.15, -0.1) is 11.8 Å². The van der Waals surface area contributed by atoms with E-state index in [0.717, 1.165) is 35.8 Å². The lowest BCUT2D eigenvalue weighted by Crippen LogP contribution is -2.44. The Kier molecular flexibility index (Phi) is 8.57. The third-order valence-corrected chi connectivity index (χ3v) is 6.50. The zero-order chi connectivity index (χ0) is 26.2. The second kappa shape index (κ2) is 12.2. The van der Waals surface area contributed by atoms with Crippen LogP contribution in [0.1, 0.15) is 23.3 Å². The maximum atomic E-state index is 12.0. The first kappa shape index (κ1) is 26.0. The Morgan fingerprint density at radius 3 is 2.73 bits per heavy atom. The number of likely N-dealkylation sites (tertiary alicyclic amines) is 1. The molecule has 10 nitrogen and oxygen atoms in total. The van der Waals surface area contributed by atoms with Gasteiger partial charge in [0, 0.05) is 50.3 Å². The van der Waals surface area contributed by atoms with Crippen molar-refractivity contribution >= 4 is 41.0 Å². The summed E-state index contributed by atoms with van der Waals surface area (Å²) < 4.78 is 5.86. The highest BCUT2D eigenvalue weighted by atomic mass is 32.2. The summed E-state index contributed by atoms with van der Waals surface area (Å²) >= 11 is 1.56. The molecule has 1 aromatic carbocycles. The van der Waals surface area contributed by atoms with Crippen LogP contribution in [0, 0.1) is 0 Å². The van der Waals surface area contributed by atoms with Crippen LogP contribution >= 0.6 is 11.8 Å². The van der Waals surface area contributed by atoms with E-state index in [-0.39, 0.29) is 23.6 Å². The molecule has 0 unspecified atom stereocenters. The van der Waals surface area contributed by atoms with Gasteiger partial charge in [0.25, 0.3) is 5.91 Å². The van der Waals surface area contributed by atoms with E-state index in [1.165, 1.54) is 12.3 Å². The minimum atomic E-state index is -0.280. The van der Waals surface area contributed by atoms with Crippen LogP contribution in [0.5, 0.6) is 11.5 Å². The number of rotatable bonds is 9. The molecule has 3 heterocycles. The molecule has 1 saturated heterocycles. The summed E-state index contributed by atoms with van der Waals surface area (Å²) in [4.78, 5) is 39.7. The van der Waals surface area contributed by atoms with Crippen molar-refractivity contribution < 1.29 is 14.3 Å². The molecular weight excluding hydrogens is 490 g/mol. The van der Waals surface area contributed by atoms with Crippen LogP contribution in [0.15, 0.2) is 66.3 Å². The topological polar surface area (TPSA) is 121 Å². The van der Waals surface area contributed by atoms with Gasteiger partial charge in [-0.2, -0.15) is 4.98 Å². The second-order valence-corrected chi connectivity index (χ2v) is 9.14. The minimum absolute atomic E-state index is 0.0510. The van der Waals surface area contributed by atoms with Gasteiger partial charge < -0.3 is 25.6 Å². The zero-order valence-corrected chi connectivity index (χ0v) is 21.5. The number of pyridine rings is 1. The lowest BCUT2D eigenvalue weighted by Gasteiger charge is -2.33. The molecule has 0 bridgehead atoms. The molecule has 1 aliphatic heterocycles. The number of piperidine rings is 1. The van der Waals surface area contributed by atoms with Crippen LogP contribution in [0.25, 0.3) is 0 Å². The molecule has 192 valence electrons. The fraction of sp³-hybridized carbons (Fsp3) is 0.269. The van der Waals surface area contributed by atoms with E-state index < -0.39 is 0 Å². The Bertz CT molecular complexity index is 1270. The number of benzene rings is 1. The van der Waals surface area contributed by atoms with Crippen LogP contribution in [0.4, 0.5) is 17.5 Å². The number of nitrogens with one attached hydrogen (secondary N) is 3. The molecular formula is C26H29N7O3S. The first-order chi connectivity index (χ1) is 18.0. The van der Waals surface area contributed by atoms with Gasteiger partial charge in [-0.1, -0.05) is 6.58 Å². The SMILES string of the molecule is C=CC(=O)N1CCC[C@@H](Nc2nc(Nc3ccc(Oc4ccnc(C(=O)NC)c4)cc3)ncc2SC)C1. The quantitative estimate of drug-likeness (QED) is 0.284.